The first-order valence-corrected chi connectivity index (χ1v) is 16.1. The standard InChI is InChI=1S/C43H27N3O2/c1-3-11-29(12-4-1)45(32-23-25-38-35(27-32)33-15-7-9-17-37(33)46(38)30-13-5-2-6-14-30)31-21-19-28(20-22-31)43-44-36-24-26-40-41(42(36)48-43)34-16-8-10-18-39(34)47-40/h1-27H. The van der Waals surface area contributed by atoms with Crippen molar-refractivity contribution in [3.8, 4) is 17.1 Å². The highest BCUT2D eigenvalue weighted by Crippen LogP contribution is 2.41. The van der Waals surface area contributed by atoms with E-state index in [1.165, 1.54) is 21.8 Å². The molecule has 0 N–H and O–H groups in total. The average Bonchev–Trinajstić information content (AvgIpc) is 3.84. The van der Waals surface area contributed by atoms with E-state index in [0.29, 0.717) is 5.89 Å². The average molecular weight is 618 g/mol. The molecule has 3 heterocycles. The Balaban J connectivity index is 1.09. The van der Waals surface area contributed by atoms with Gasteiger partial charge in [0.05, 0.1) is 16.4 Å². The summed E-state index contributed by atoms with van der Waals surface area (Å²) >= 11 is 0. The summed E-state index contributed by atoms with van der Waals surface area (Å²) in [6.45, 7) is 0. The van der Waals surface area contributed by atoms with Gasteiger partial charge in [-0.2, -0.15) is 0 Å². The Bertz CT molecular complexity index is 2770. The second-order valence-electron chi connectivity index (χ2n) is 12.0. The van der Waals surface area contributed by atoms with Crippen molar-refractivity contribution in [2.24, 2.45) is 0 Å². The number of para-hydroxylation sites is 4. The van der Waals surface area contributed by atoms with E-state index >= 15 is 0 Å². The molecule has 0 amide bonds. The van der Waals surface area contributed by atoms with Gasteiger partial charge < -0.3 is 18.3 Å². The van der Waals surface area contributed by atoms with E-state index < -0.39 is 0 Å². The van der Waals surface area contributed by atoms with Crippen LogP contribution in [-0.2, 0) is 0 Å². The van der Waals surface area contributed by atoms with E-state index in [1.807, 2.05) is 30.3 Å². The molecular formula is C43H27N3O2. The summed E-state index contributed by atoms with van der Waals surface area (Å²) in [6.07, 6.45) is 0. The summed E-state index contributed by atoms with van der Waals surface area (Å²) in [6, 6.07) is 56.9. The molecule has 0 fully saturated rings. The van der Waals surface area contributed by atoms with Gasteiger partial charge in [-0.15, -0.1) is 0 Å². The molecule has 0 bridgehead atoms. The van der Waals surface area contributed by atoms with Crippen LogP contribution < -0.4 is 4.90 Å². The zero-order valence-corrected chi connectivity index (χ0v) is 25.7. The van der Waals surface area contributed by atoms with Gasteiger partial charge in [0.15, 0.2) is 5.58 Å². The van der Waals surface area contributed by atoms with Crippen molar-refractivity contribution in [3.05, 3.63) is 164 Å². The smallest absolute Gasteiger partial charge is 0.227 e. The lowest BCUT2D eigenvalue weighted by atomic mass is 10.1. The zero-order valence-electron chi connectivity index (χ0n) is 25.7. The molecule has 0 saturated heterocycles. The van der Waals surface area contributed by atoms with E-state index in [0.717, 1.165) is 61.4 Å². The summed E-state index contributed by atoms with van der Waals surface area (Å²) in [5, 5.41) is 4.40. The number of hydrogen-bond donors (Lipinski definition) is 0. The minimum Gasteiger partial charge on any atom is -0.456 e. The van der Waals surface area contributed by atoms with Crippen LogP contribution in [0.15, 0.2) is 173 Å². The first-order chi connectivity index (χ1) is 23.8. The van der Waals surface area contributed by atoms with E-state index in [-0.39, 0.29) is 0 Å². The van der Waals surface area contributed by atoms with Crippen LogP contribution in [0.3, 0.4) is 0 Å². The second kappa shape index (κ2) is 10.5. The molecule has 0 spiro atoms. The Kier molecular flexibility index (Phi) is 5.81. The van der Waals surface area contributed by atoms with Gasteiger partial charge in [-0.1, -0.05) is 72.8 Å². The number of furan rings is 1. The fourth-order valence-corrected chi connectivity index (χ4v) is 7.05. The van der Waals surface area contributed by atoms with Crippen molar-refractivity contribution < 1.29 is 8.83 Å². The molecule has 0 aliphatic carbocycles. The quantitative estimate of drug-likeness (QED) is 0.193. The van der Waals surface area contributed by atoms with Gasteiger partial charge in [0.2, 0.25) is 5.89 Å². The fraction of sp³-hybridized carbons (Fsp3) is 0. The minimum atomic E-state index is 0.579. The number of benzene rings is 7. The lowest BCUT2D eigenvalue weighted by molar-refractivity contribution is 0.622. The van der Waals surface area contributed by atoms with Crippen molar-refractivity contribution >= 4 is 71.9 Å². The Morgan fingerprint density at radius 1 is 0.479 bits per heavy atom. The van der Waals surface area contributed by atoms with Crippen LogP contribution in [0.2, 0.25) is 0 Å². The lowest BCUT2D eigenvalue weighted by Crippen LogP contribution is -2.09. The van der Waals surface area contributed by atoms with Gasteiger partial charge in [0.25, 0.3) is 0 Å². The predicted octanol–water partition coefficient (Wildman–Crippen LogP) is 12.0. The number of rotatable bonds is 5. The molecule has 7 aromatic carbocycles. The maximum atomic E-state index is 6.44. The molecule has 0 radical (unpaired) electrons. The molecule has 0 atom stereocenters. The molecule has 0 aliphatic heterocycles. The van der Waals surface area contributed by atoms with Gasteiger partial charge in [-0.05, 0) is 91.0 Å². The molecule has 10 aromatic rings. The highest BCUT2D eigenvalue weighted by atomic mass is 16.4. The van der Waals surface area contributed by atoms with E-state index in [9.17, 15) is 0 Å². The third kappa shape index (κ3) is 4.08. The van der Waals surface area contributed by atoms with Crippen LogP contribution in [-0.4, -0.2) is 9.55 Å². The van der Waals surface area contributed by atoms with Gasteiger partial charge >= 0.3 is 0 Å². The van der Waals surface area contributed by atoms with Crippen LogP contribution in [0.25, 0.3) is 72.0 Å². The highest BCUT2D eigenvalue weighted by molar-refractivity contribution is 6.16. The molecule has 226 valence electrons. The topological polar surface area (TPSA) is 47.3 Å². The fourth-order valence-electron chi connectivity index (χ4n) is 7.05. The Morgan fingerprint density at radius 3 is 1.98 bits per heavy atom. The summed E-state index contributed by atoms with van der Waals surface area (Å²) in [4.78, 5) is 7.17. The van der Waals surface area contributed by atoms with Crippen molar-refractivity contribution in [1.29, 1.82) is 0 Å². The molecule has 5 nitrogen and oxygen atoms in total. The second-order valence-corrected chi connectivity index (χ2v) is 12.0. The summed E-state index contributed by atoms with van der Waals surface area (Å²) in [7, 11) is 0. The summed E-state index contributed by atoms with van der Waals surface area (Å²) in [5.41, 5.74) is 10.8. The van der Waals surface area contributed by atoms with Crippen LogP contribution in [0.5, 0.6) is 0 Å². The normalized spacial score (nSPS) is 11.8. The molecule has 48 heavy (non-hydrogen) atoms. The minimum absolute atomic E-state index is 0.579. The van der Waals surface area contributed by atoms with Gasteiger partial charge in [-0.25, -0.2) is 4.98 Å². The number of aromatic nitrogens is 2. The van der Waals surface area contributed by atoms with Gasteiger partial charge in [0, 0.05) is 44.5 Å². The third-order valence-corrected chi connectivity index (χ3v) is 9.21. The number of nitrogens with zero attached hydrogens (tertiary/aromatic N) is 3. The van der Waals surface area contributed by atoms with Gasteiger partial charge in [0.1, 0.15) is 16.7 Å². The molecule has 3 aromatic heterocycles. The molecule has 0 aliphatic rings. The Hall–Kier alpha value is -6.59. The highest BCUT2D eigenvalue weighted by Gasteiger charge is 2.19. The van der Waals surface area contributed by atoms with E-state index in [2.05, 4.69) is 143 Å². The van der Waals surface area contributed by atoms with E-state index in [4.69, 9.17) is 13.8 Å². The maximum Gasteiger partial charge on any atom is 0.227 e. The molecule has 0 saturated carbocycles. The molecule has 0 unspecified atom stereocenters. The molecule has 10 rings (SSSR count). The lowest BCUT2D eigenvalue weighted by Gasteiger charge is -2.25. The SMILES string of the molecule is c1ccc(N(c2ccc(-c3nc4ccc5oc6ccccc6c5c4o3)cc2)c2ccc3c(c2)c2ccccc2n3-c2ccccc2)cc1. The number of anilines is 3. The number of fused-ring (bicyclic) bond motifs is 8. The van der Waals surface area contributed by atoms with Crippen LogP contribution >= 0.6 is 0 Å². The maximum absolute atomic E-state index is 6.44. The first-order valence-electron chi connectivity index (χ1n) is 16.1. The molecular weight excluding hydrogens is 590 g/mol. The predicted molar refractivity (Wildman–Crippen MR) is 196 cm³/mol. The Labute approximate surface area is 275 Å². The van der Waals surface area contributed by atoms with Gasteiger partial charge in [-0.3, -0.25) is 0 Å². The van der Waals surface area contributed by atoms with Crippen LogP contribution in [0.4, 0.5) is 17.1 Å². The molecule has 5 heteroatoms. The monoisotopic (exact) mass is 617 g/mol. The van der Waals surface area contributed by atoms with Crippen molar-refractivity contribution in [3.63, 3.8) is 0 Å². The van der Waals surface area contributed by atoms with Crippen molar-refractivity contribution in [1.82, 2.24) is 9.55 Å². The zero-order chi connectivity index (χ0) is 31.6. The van der Waals surface area contributed by atoms with Crippen molar-refractivity contribution in [2.45, 2.75) is 0 Å². The van der Waals surface area contributed by atoms with Crippen LogP contribution in [0, 0.1) is 0 Å². The van der Waals surface area contributed by atoms with Crippen molar-refractivity contribution in [2.75, 3.05) is 4.90 Å². The number of oxazole rings is 1. The van der Waals surface area contributed by atoms with Crippen LogP contribution in [0.1, 0.15) is 0 Å². The Morgan fingerprint density at radius 2 is 1.15 bits per heavy atom. The first kappa shape index (κ1) is 26.6. The largest absolute Gasteiger partial charge is 0.456 e. The van der Waals surface area contributed by atoms with E-state index in [1.54, 1.807) is 0 Å². The third-order valence-electron chi connectivity index (χ3n) is 9.21. The summed E-state index contributed by atoms with van der Waals surface area (Å²) in [5.74, 6) is 0.579. The number of hydrogen-bond acceptors (Lipinski definition) is 4. The summed E-state index contributed by atoms with van der Waals surface area (Å²) < 4.78 is 14.9.